The van der Waals surface area contributed by atoms with E-state index < -0.39 is 17.1 Å². The molecule has 2 N–H and O–H groups in total. The topological polar surface area (TPSA) is 101 Å². The van der Waals surface area contributed by atoms with Crippen molar-refractivity contribution in [3.63, 3.8) is 0 Å². The van der Waals surface area contributed by atoms with E-state index in [0.717, 1.165) is 25.7 Å². The number of aliphatic hydroxyl groups is 1. The van der Waals surface area contributed by atoms with Gasteiger partial charge in [-0.3, -0.25) is 9.59 Å². The molecule has 1 unspecified atom stereocenters. The van der Waals surface area contributed by atoms with Crippen molar-refractivity contribution in [3.8, 4) is 0 Å². The van der Waals surface area contributed by atoms with Crippen LogP contribution >= 0.6 is 0 Å². The summed E-state index contributed by atoms with van der Waals surface area (Å²) in [6.07, 6.45) is 2.92. The second-order valence-electron chi connectivity index (χ2n) is 7.73. The monoisotopic (exact) mass is 353 g/mol. The number of amides is 3. The predicted molar refractivity (Wildman–Crippen MR) is 88.9 cm³/mol. The van der Waals surface area contributed by atoms with Gasteiger partial charge in [-0.25, -0.2) is 4.79 Å². The third-order valence-electron chi connectivity index (χ3n) is 6.32. The molecule has 2 saturated heterocycles. The van der Waals surface area contributed by atoms with E-state index in [4.69, 9.17) is 0 Å². The maximum Gasteiger partial charge on any atom is 0.407 e. The molecule has 3 amide bonds. The minimum Gasteiger partial charge on any atom is -0.465 e. The number of carboxylic acid groups (broad SMARTS) is 1. The first-order valence-corrected chi connectivity index (χ1v) is 9.00. The Hall–Kier alpha value is -1.83. The summed E-state index contributed by atoms with van der Waals surface area (Å²) < 4.78 is 0. The molecule has 1 spiro atoms. The van der Waals surface area contributed by atoms with E-state index >= 15 is 0 Å². The van der Waals surface area contributed by atoms with Gasteiger partial charge in [-0.1, -0.05) is 12.8 Å². The summed E-state index contributed by atoms with van der Waals surface area (Å²) in [6.45, 7) is 3.25. The highest BCUT2D eigenvalue weighted by molar-refractivity contribution is 5.85. The average Bonchev–Trinajstić information content (AvgIpc) is 3.02. The number of likely N-dealkylation sites (tertiary alicyclic amines) is 1. The Morgan fingerprint density at radius 2 is 1.76 bits per heavy atom. The number of piperidine rings is 1. The van der Waals surface area contributed by atoms with Crippen LogP contribution in [0.2, 0.25) is 0 Å². The lowest BCUT2D eigenvalue weighted by molar-refractivity contribution is -0.162. The molecule has 8 heteroatoms. The molecule has 3 rings (SSSR count). The van der Waals surface area contributed by atoms with E-state index in [1.54, 1.807) is 4.90 Å². The molecule has 25 heavy (non-hydrogen) atoms. The van der Waals surface area contributed by atoms with Gasteiger partial charge >= 0.3 is 6.09 Å². The number of hydrogen-bond donors (Lipinski definition) is 2. The van der Waals surface area contributed by atoms with Crippen LogP contribution in [0, 0.1) is 5.41 Å². The number of carbonyl (C=O) groups is 3. The Kier molecular flexibility index (Phi) is 4.66. The van der Waals surface area contributed by atoms with Crippen molar-refractivity contribution in [1.29, 1.82) is 0 Å². The molecule has 0 aromatic heterocycles. The van der Waals surface area contributed by atoms with Crippen LogP contribution in [0.5, 0.6) is 0 Å². The molecule has 0 aromatic carbocycles. The van der Waals surface area contributed by atoms with Gasteiger partial charge < -0.3 is 24.9 Å². The summed E-state index contributed by atoms with van der Waals surface area (Å²) >= 11 is 0. The summed E-state index contributed by atoms with van der Waals surface area (Å²) in [5, 5.41) is 20.8. The Bertz CT molecular complexity index is 575. The number of nitrogens with zero attached hydrogens (tertiary/aromatic N) is 3. The van der Waals surface area contributed by atoms with Gasteiger partial charge in [0.15, 0.2) is 0 Å². The van der Waals surface area contributed by atoms with Crippen molar-refractivity contribution >= 4 is 17.9 Å². The molecular formula is C17H27N3O5. The van der Waals surface area contributed by atoms with E-state index in [2.05, 4.69) is 0 Å². The van der Waals surface area contributed by atoms with Gasteiger partial charge in [0, 0.05) is 38.5 Å². The summed E-state index contributed by atoms with van der Waals surface area (Å²) in [7, 11) is 0. The third kappa shape index (κ3) is 3.19. The molecule has 3 aliphatic rings. The van der Waals surface area contributed by atoms with Crippen molar-refractivity contribution in [3.05, 3.63) is 0 Å². The van der Waals surface area contributed by atoms with E-state index in [1.165, 1.54) is 16.7 Å². The van der Waals surface area contributed by atoms with E-state index in [0.29, 0.717) is 26.1 Å². The normalized spacial score (nSPS) is 29.4. The highest BCUT2D eigenvalue weighted by Gasteiger charge is 2.56. The van der Waals surface area contributed by atoms with E-state index in [9.17, 15) is 24.6 Å². The summed E-state index contributed by atoms with van der Waals surface area (Å²) in [5.41, 5.74) is -1.54. The van der Waals surface area contributed by atoms with Gasteiger partial charge in [-0.15, -0.1) is 0 Å². The van der Waals surface area contributed by atoms with Crippen molar-refractivity contribution < 1.29 is 24.6 Å². The standard InChI is InChI=1S/C17H27N3O5/c1-13(21)18-8-9-19(14(22)10-18)12-17(25)6-7-20(15(23)24)11-16(17)4-2-3-5-16/h25H,2-12H2,1H3,(H,23,24). The van der Waals surface area contributed by atoms with Crippen LogP contribution in [-0.4, -0.2) is 87.7 Å². The number of carbonyl (C=O) groups excluding carboxylic acids is 2. The second kappa shape index (κ2) is 6.48. The minimum absolute atomic E-state index is 0.0552. The summed E-state index contributed by atoms with van der Waals surface area (Å²) in [4.78, 5) is 39.8. The quantitative estimate of drug-likeness (QED) is 0.746. The van der Waals surface area contributed by atoms with Gasteiger partial charge in [0.05, 0.1) is 18.7 Å². The van der Waals surface area contributed by atoms with Crippen molar-refractivity contribution in [2.75, 3.05) is 39.3 Å². The maximum atomic E-state index is 12.4. The second-order valence-corrected chi connectivity index (χ2v) is 7.73. The first kappa shape index (κ1) is 18.0. The van der Waals surface area contributed by atoms with Crippen LogP contribution in [0.1, 0.15) is 39.0 Å². The first-order valence-electron chi connectivity index (χ1n) is 9.00. The smallest absolute Gasteiger partial charge is 0.407 e. The summed E-state index contributed by atoms with van der Waals surface area (Å²) in [5.74, 6) is -0.266. The molecule has 1 saturated carbocycles. The first-order chi connectivity index (χ1) is 11.8. The fourth-order valence-electron chi connectivity index (χ4n) is 4.72. The van der Waals surface area contributed by atoms with Crippen molar-refractivity contribution in [2.45, 2.75) is 44.6 Å². The fraction of sp³-hybridized carbons (Fsp3) is 0.824. The van der Waals surface area contributed by atoms with E-state index in [-0.39, 0.29) is 31.4 Å². The molecule has 2 aliphatic heterocycles. The van der Waals surface area contributed by atoms with Gasteiger partial charge in [-0.2, -0.15) is 0 Å². The lowest BCUT2D eigenvalue weighted by Gasteiger charge is -2.53. The Morgan fingerprint density at radius 3 is 2.32 bits per heavy atom. The van der Waals surface area contributed by atoms with Crippen LogP contribution in [0.15, 0.2) is 0 Å². The highest BCUT2D eigenvalue weighted by Crippen LogP contribution is 2.51. The molecule has 2 heterocycles. The van der Waals surface area contributed by atoms with Crippen LogP contribution in [0.4, 0.5) is 4.79 Å². The lowest BCUT2D eigenvalue weighted by atomic mass is 9.65. The molecular weight excluding hydrogens is 326 g/mol. The van der Waals surface area contributed by atoms with Crippen LogP contribution in [0.25, 0.3) is 0 Å². The zero-order valence-electron chi connectivity index (χ0n) is 14.7. The van der Waals surface area contributed by atoms with Crippen LogP contribution in [-0.2, 0) is 9.59 Å². The molecule has 3 fully saturated rings. The van der Waals surface area contributed by atoms with Gasteiger partial charge in [0.1, 0.15) is 0 Å². The number of rotatable bonds is 2. The third-order valence-corrected chi connectivity index (χ3v) is 6.32. The van der Waals surface area contributed by atoms with Crippen molar-refractivity contribution in [2.24, 2.45) is 5.41 Å². The maximum absolute atomic E-state index is 12.4. The lowest BCUT2D eigenvalue weighted by Crippen LogP contribution is -2.65. The predicted octanol–water partition coefficient (Wildman–Crippen LogP) is 0.352. The van der Waals surface area contributed by atoms with Crippen LogP contribution in [0.3, 0.4) is 0 Å². The van der Waals surface area contributed by atoms with Gasteiger partial charge in [-0.05, 0) is 19.3 Å². The highest BCUT2D eigenvalue weighted by atomic mass is 16.4. The Labute approximate surface area is 147 Å². The number of β-amino-alcohol motifs (C(OH)–C–C–N with tert-alkyl or cyclic N) is 1. The van der Waals surface area contributed by atoms with E-state index in [1.807, 2.05) is 0 Å². The molecule has 0 aromatic rings. The molecule has 0 bridgehead atoms. The summed E-state index contributed by atoms with van der Waals surface area (Å²) in [6, 6.07) is 0. The SMILES string of the molecule is CC(=O)N1CCN(CC2(O)CCN(C(=O)O)CC23CCCC3)C(=O)C1. The molecule has 1 atom stereocenters. The van der Waals surface area contributed by atoms with Crippen LogP contribution < -0.4 is 0 Å². The van der Waals surface area contributed by atoms with Gasteiger partial charge in [0.2, 0.25) is 11.8 Å². The molecule has 0 radical (unpaired) electrons. The average molecular weight is 353 g/mol. The molecule has 140 valence electrons. The van der Waals surface area contributed by atoms with Crippen molar-refractivity contribution in [1.82, 2.24) is 14.7 Å². The Balaban J connectivity index is 1.75. The number of piperazine rings is 1. The fourth-order valence-corrected chi connectivity index (χ4v) is 4.72. The number of hydrogen-bond acceptors (Lipinski definition) is 4. The molecule has 1 aliphatic carbocycles. The molecule has 8 nitrogen and oxygen atoms in total. The zero-order valence-corrected chi connectivity index (χ0v) is 14.7. The Morgan fingerprint density at radius 1 is 1.08 bits per heavy atom. The minimum atomic E-state index is -1.07. The van der Waals surface area contributed by atoms with Gasteiger partial charge in [0.25, 0.3) is 0 Å². The largest absolute Gasteiger partial charge is 0.465 e. The zero-order chi connectivity index (χ0) is 18.2.